The molecule has 7 nitrogen and oxygen atoms in total. The number of amides is 3. The lowest BCUT2D eigenvalue weighted by Crippen LogP contribution is -2.33. The third-order valence-electron chi connectivity index (χ3n) is 3.29. The predicted molar refractivity (Wildman–Crippen MR) is 107 cm³/mol. The molecule has 1 heterocycles. The van der Waals surface area contributed by atoms with Gasteiger partial charge in [-0.2, -0.15) is 0 Å². The van der Waals surface area contributed by atoms with E-state index in [4.69, 9.17) is 0 Å². The number of hydrogen-bond acceptors (Lipinski definition) is 7. The molecule has 1 fully saturated rings. The first-order chi connectivity index (χ1) is 12.1. The summed E-state index contributed by atoms with van der Waals surface area (Å²) < 4.78 is -0.228. The molecule has 0 aromatic heterocycles. The van der Waals surface area contributed by atoms with Gasteiger partial charge in [0, 0.05) is 48.6 Å². The van der Waals surface area contributed by atoms with Crippen LogP contribution in [0.2, 0.25) is 0 Å². The largest absolute Gasteiger partial charge is 0.480 e. The van der Waals surface area contributed by atoms with Crippen molar-refractivity contribution in [1.29, 1.82) is 0 Å². The Labute approximate surface area is 166 Å². The smallest absolute Gasteiger partial charge is 0.317 e. The quantitative estimate of drug-likeness (QED) is 0.296. The molecule has 0 bridgehead atoms. The number of carboxylic acids is 1. The van der Waals surface area contributed by atoms with E-state index in [1.165, 1.54) is 16.7 Å². The minimum atomic E-state index is -0.976. The highest BCUT2D eigenvalue weighted by atomic mass is 33.1. The summed E-state index contributed by atoms with van der Waals surface area (Å²) in [6, 6.07) is 0. The monoisotopic (exact) mass is 422 g/mol. The number of thioether (sulfide) groups is 1. The van der Waals surface area contributed by atoms with Crippen LogP contribution in [0.5, 0.6) is 0 Å². The van der Waals surface area contributed by atoms with Crippen LogP contribution in [0.25, 0.3) is 0 Å². The molecule has 3 amide bonds. The molecule has 1 saturated heterocycles. The number of nitrogens with zero attached hydrogens (tertiary/aromatic N) is 1. The van der Waals surface area contributed by atoms with E-state index < -0.39 is 11.2 Å². The van der Waals surface area contributed by atoms with Crippen molar-refractivity contribution >= 4 is 57.0 Å². The molecule has 0 aliphatic carbocycles. The number of aliphatic carboxylic acids is 1. The number of hydrogen-bond donors (Lipinski definition) is 2. The molecule has 1 aliphatic heterocycles. The number of nitrogens with one attached hydrogen (secondary N) is 1. The molecule has 10 heteroatoms. The third kappa shape index (κ3) is 9.18. The molecule has 0 aromatic carbocycles. The van der Waals surface area contributed by atoms with Gasteiger partial charge in [0.2, 0.25) is 17.7 Å². The van der Waals surface area contributed by atoms with Gasteiger partial charge in [-0.15, -0.1) is 11.8 Å². The summed E-state index contributed by atoms with van der Waals surface area (Å²) in [6.45, 7) is 6.63. The number of imide groups is 1. The molecule has 1 unspecified atom stereocenters. The van der Waals surface area contributed by atoms with Crippen molar-refractivity contribution in [3.8, 4) is 0 Å². The molecule has 1 atom stereocenters. The van der Waals surface area contributed by atoms with Crippen molar-refractivity contribution in [2.75, 3.05) is 24.6 Å². The number of rotatable bonds is 11. The summed E-state index contributed by atoms with van der Waals surface area (Å²) in [5.41, 5.74) is 0. The summed E-state index contributed by atoms with van der Waals surface area (Å²) in [5.74, 6) is -0.131. The van der Waals surface area contributed by atoms with E-state index in [1.54, 1.807) is 21.6 Å². The summed E-state index contributed by atoms with van der Waals surface area (Å²) in [7, 11) is 3.09. The Bertz CT molecular complexity index is 520. The fourth-order valence-electron chi connectivity index (χ4n) is 2.20. The first-order valence-electron chi connectivity index (χ1n) is 8.35. The zero-order valence-electron chi connectivity index (χ0n) is 15.3. The zero-order chi connectivity index (χ0) is 19.7. The first-order valence-corrected chi connectivity index (χ1v) is 11.7. The van der Waals surface area contributed by atoms with Crippen molar-refractivity contribution in [2.45, 2.75) is 50.0 Å². The molecule has 1 rings (SSSR count). The van der Waals surface area contributed by atoms with Crippen molar-refractivity contribution in [3.05, 3.63) is 0 Å². The van der Waals surface area contributed by atoms with E-state index in [-0.39, 0.29) is 28.9 Å². The van der Waals surface area contributed by atoms with E-state index in [0.717, 1.165) is 0 Å². The maximum Gasteiger partial charge on any atom is 0.317 e. The lowest BCUT2D eigenvalue weighted by Gasteiger charge is -2.22. The second-order valence-corrected chi connectivity index (χ2v) is 11.4. The van der Waals surface area contributed by atoms with Crippen LogP contribution in [0.1, 0.15) is 40.0 Å². The highest BCUT2D eigenvalue weighted by Gasteiger charge is 2.28. The summed E-state index contributed by atoms with van der Waals surface area (Å²) >= 11 is 1.27. The van der Waals surface area contributed by atoms with E-state index in [9.17, 15) is 24.3 Å². The van der Waals surface area contributed by atoms with Gasteiger partial charge in [0.15, 0.2) is 0 Å². The summed E-state index contributed by atoms with van der Waals surface area (Å²) in [6.07, 6.45) is 0.579. The fourth-order valence-corrected chi connectivity index (χ4v) is 5.25. The van der Waals surface area contributed by atoms with Crippen LogP contribution in [-0.2, 0) is 19.2 Å². The van der Waals surface area contributed by atoms with Gasteiger partial charge in [-0.3, -0.25) is 24.1 Å². The van der Waals surface area contributed by atoms with Crippen LogP contribution < -0.4 is 5.32 Å². The maximum absolute atomic E-state index is 11.9. The summed E-state index contributed by atoms with van der Waals surface area (Å²) in [5, 5.41) is 11.2. The van der Waals surface area contributed by atoms with Gasteiger partial charge in [0.05, 0.1) is 0 Å². The molecule has 26 heavy (non-hydrogen) atoms. The molecular formula is C16H26N2O5S3. The fraction of sp³-hybridized carbons (Fsp3) is 0.750. The standard InChI is InChI=1S/C16H26N2O5S3/c1-16(2,3)26-11(15(22)23)10-12(19)17-6-8-24-25-9-7-18-13(20)4-5-14(18)21/h11H,4-10H2,1-3H3,(H,17,19)(H,22,23). The van der Waals surface area contributed by atoms with Gasteiger partial charge in [0.25, 0.3) is 0 Å². The zero-order valence-corrected chi connectivity index (χ0v) is 17.7. The van der Waals surface area contributed by atoms with Gasteiger partial charge >= 0.3 is 5.97 Å². The molecule has 148 valence electrons. The normalized spacial score (nSPS) is 16.0. The number of likely N-dealkylation sites (tertiary alicyclic amines) is 1. The van der Waals surface area contributed by atoms with Crippen LogP contribution >= 0.6 is 33.3 Å². The third-order valence-corrected chi connectivity index (χ3v) is 7.03. The minimum absolute atomic E-state index is 0.0474. The Kier molecular flexibility index (Phi) is 9.88. The average molecular weight is 423 g/mol. The lowest BCUT2D eigenvalue weighted by molar-refractivity contribution is -0.139. The second-order valence-electron chi connectivity index (χ2n) is 6.69. The van der Waals surface area contributed by atoms with Crippen LogP contribution in [0.15, 0.2) is 0 Å². The summed E-state index contributed by atoms with van der Waals surface area (Å²) in [4.78, 5) is 47.3. The number of carbonyl (C=O) groups is 4. The Hall–Kier alpha value is -0.870. The SMILES string of the molecule is CC(C)(C)SC(CC(=O)NCCSSCCN1C(=O)CCC1=O)C(=O)O. The van der Waals surface area contributed by atoms with Crippen molar-refractivity contribution in [2.24, 2.45) is 0 Å². The molecule has 2 N–H and O–H groups in total. The van der Waals surface area contributed by atoms with E-state index in [0.29, 0.717) is 37.4 Å². The topological polar surface area (TPSA) is 104 Å². The van der Waals surface area contributed by atoms with E-state index in [1.807, 2.05) is 20.8 Å². The Morgan fingerprint density at radius 1 is 1.15 bits per heavy atom. The number of carbonyl (C=O) groups excluding carboxylic acids is 3. The van der Waals surface area contributed by atoms with Crippen LogP contribution in [-0.4, -0.2) is 68.3 Å². The predicted octanol–water partition coefficient (Wildman–Crippen LogP) is 2.01. The Balaban J connectivity index is 2.13. The Morgan fingerprint density at radius 3 is 2.27 bits per heavy atom. The van der Waals surface area contributed by atoms with Gasteiger partial charge < -0.3 is 10.4 Å². The molecular weight excluding hydrogens is 396 g/mol. The van der Waals surface area contributed by atoms with Crippen LogP contribution in [0.3, 0.4) is 0 Å². The number of carboxylic acid groups (broad SMARTS) is 1. The Morgan fingerprint density at radius 2 is 1.73 bits per heavy atom. The van der Waals surface area contributed by atoms with E-state index >= 15 is 0 Å². The van der Waals surface area contributed by atoms with Gasteiger partial charge in [-0.05, 0) is 0 Å². The maximum atomic E-state index is 11.9. The van der Waals surface area contributed by atoms with Crippen molar-refractivity contribution in [3.63, 3.8) is 0 Å². The highest BCUT2D eigenvalue weighted by Crippen LogP contribution is 2.30. The lowest BCUT2D eigenvalue weighted by atomic mass is 10.2. The van der Waals surface area contributed by atoms with Gasteiger partial charge in [-0.25, -0.2) is 0 Å². The molecule has 0 radical (unpaired) electrons. The molecule has 0 saturated carbocycles. The second kappa shape index (κ2) is 11.1. The van der Waals surface area contributed by atoms with E-state index in [2.05, 4.69) is 5.32 Å². The van der Waals surface area contributed by atoms with Gasteiger partial charge in [-0.1, -0.05) is 42.4 Å². The van der Waals surface area contributed by atoms with Crippen LogP contribution in [0.4, 0.5) is 0 Å². The molecule has 0 spiro atoms. The average Bonchev–Trinajstić information content (AvgIpc) is 2.83. The first kappa shape index (κ1) is 23.2. The minimum Gasteiger partial charge on any atom is -0.480 e. The van der Waals surface area contributed by atoms with Crippen LogP contribution in [0, 0.1) is 0 Å². The van der Waals surface area contributed by atoms with Crippen molar-refractivity contribution < 1.29 is 24.3 Å². The molecule has 0 aromatic rings. The highest BCUT2D eigenvalue weighted by molar-refractivity contribution is 8.76. The van der Waals surface area contributed by atoms with Gasteiger partial charge in [0.1, 0.15) is 5.25 Å². The van der Waals surface area contributed by atoms with Crippen molar-refractivity contribution in [1.82, 2.24) is 10.2 Å². The molecule has 1 aliphatic rings.